The van der Waals surface area contributed by atoms with Gasteiger partial charge >= 0.3 is 0 Å². The molecule has 1 aromatic rings. The van der Waals surface area contributed by atoms with Crippen molar-refractivity contribution in [3.8, 4) is 0 Å². The van der Waals surface area contributed by atoms with Crippen LogP contribution in [0.5, 0.6) is 0 Å². The predicted octanol–water partition coefficient (Wildman–Crippen LogP) is 3.56. The largest absolute Gasteiger partial charge is 0.348 e. The first kappa shape index (κ1) is 12.3. The van der Waals surface area contributed by atoms with Gasteiger partial charge in [-0.15, -0.1) is 6.58 Å². The lowest BCUT2D eigenvalue weighted by Gasteiger charge is -2.37. The molecule has 0 spiro atoms. The van der Waals surface area contributed by atoms with Crippen LogP contribution in [0, 0.1) is 11.8 Å². The summed E-state index contributed by atoms with van der Waals surface area (Å²) in [5.41, 5.74) is 1.08. The molecule has 1 aliphatic rings. The van der Waals surface area contributed by atoms with Gasteiger partial charge in [-0.25, -0.2) is 0 Å². The van der Waals surface area contributed by atoms with Crippen molar-refractivity contribution in [3.63, 3.8) is 0 Å². The van der Waals surface area contributed by atoms with Crippen LogP contribution in [0.1, 0.15) is 25.7 Å². The third kappa shape index (κ3) is 2.76. The van der Waals surface area contributed by atoms with Crippen molar-refractivity contribution < 1.29 is 9.47 Å². The zero-order chi connectivity index (χ0) is 12.3. The van der Waals surface area contributed by atoms with Crippen molar-refractivity contribution in [2.75, 3.05) is 6.61 Å². The average molecular weight is 232 g/mol. The fourth-order valence-corrected chi connectivity index (χ4v) is 2.21. The smallest absolute Gasteiger partial charge is 0.184 e. The van der Waals surface area contributed by atoms with Crippen LogP contribution in [0.3, 0.4) is 0 Å². The summed E-state index contributed by atoms with van der Waals surface area (Å²) in [5.74, 6) is 0.753. The molecule has 0 aliphatic carbocycles. The topological polar surface area (TPSA) is 18.5 Å². The molecule has 1 aliphatic heterocycles. The zero-order valence-electron chi connectivity index (χ0n) is 10.5. The predicted molar refractivity (Wildman–Crippen MR) is 68.5 cm³/mol. The van der Waals surface area contributed by atoms with E-state index >= 15 is 0 Å². The quantitative estimate of drug-likeness (QED) is 0.742. The Morgan fingerprint density at radius 1 is 1.35 bits per heavy atom. The monoisotopic (exact) mass is 232 g/mol. The van der Waals surface area contributed by atoms with E-state index < -0.39 is 0 Å². The van der Waals surface area contributed by atoms with Gasteiger partial charge in [-0.3, -0.25) is 0 Å². The number of rotatable bonds is 3. The summed E-state index contributed by atoms with van der Waals surface area (Å²) in [6.45, 7) is 8.88. The Labute approximate surface area is 103 Å². The van der Waals surface area contributed by atoms with Crippen molar-refractivity contribution in [2.24, 2.45) is 11.8 Å². The molecule has 92 valence electrons. The van der Waals surface area contributed by atoms with E-state index in [1.165, 1.54) is 0 Å². The second-order valence-electron chi connectivity index (χ2n) is 4.75. The van der Waals surface area contributed by atoms with Crippen LogP contribution in [-0.2, 0) is 9.47 Å². The fraction of sp³-hybridized carbons (Fsp3) is 0.467. The maximum atomic E-state index is 6.04. The molecular formula is C15H20O2. The normalized spacial score (nSPS) is 30.8. The molecule has 2 rings (SSSR count). The third-order valence-electron chi connectivity index (χ3n) is 3.31. The number of ether oxygens (including phenoxy) is 2. The van der Waals surface area contributed by atoms with Gasteiger partial charge in [-0.2, -0.15) is 0 Å². The number of hydrogen-bond acceptors (Lipinski definition) is 2. The van der Waals surface area contributed by atoms with Gasteiger partial charge in [0, 0.05) is 17.4 Å². The summed E-state index contributed by atoms with van der Waals surface area (Å²) < 4.78 is 11.8. The molecule has 17 heavy (non-hydrogen) atoms. The van der Waals surface area contributed by atoms with Crippen molar-refractivity contribution >= 4 is 0 Å². The molecule has 1 saturated heterocycles. The molecular weight excluding hydrogens is 212 g/mol. The summed E-state index contributed by atoms with van der Waals surface area (Å²) in [7, 11) is 0. The molecule has 1 aromatic carbocycles. The summed E-state index contributed by atoms with van der Waals surface area (Å²) >= 11 is 0. The first-order chi connectivity index (χ1) is 8.22. The molecule has 1 fully saturated rings. The van der Waals surface area contributed by atoms with Crippen LogP contribution in [-0.4, -0.2) is 12.7 Å². The number of hydrogen-bond donors (Lipinski definition) is 0. The van der Waals surface area contributed by atoms with Crippen molar-refractivity contribution in [3.05, 3.63) is 48.6 Å². The second kappa shape index (κ2) is 5.48. The van der Waals surface area contributed by atoms with Gasteiger partial charge in [0.2, 0.25) is 0 Å². The standard InChI is InChI=1S/C15H20O2/c1-4-11(2)14-12(3)10-16-15(17-14)13-8-6-5-7-9-13/h4-9,11-12,14-15H,1,10H2,2-3H3/t11-,12-,14-,15+/m1/s1. The molecule has 0 radical (unpaired) electrons. The Bertz CT molecular complexity index is 360. The van der Waals surface area contributed by atoms with Crippen LogP contribution in [0.15, 0.2) is 43.0 Å². The highest BCUT2D eigenvalue weighted by molar-refractivity contribution is 5.16. The minimum atomic E-state index is -0.236. The van der Waals surface area contributed by atoms with Crippen LogP contribution in [0.2, 0.25) is 0 Å². The minimum absolute atomic E-state index is 0.187. The molecule has 2 heteroatoms. The molecule has 0 unspecified atom stereocenters. The van der Waals surface area contributed by atoms with Gasteiger partial charge < -0.3 is 9.47 Å². The van der Waals surface area contributed by atoms with E-state index in [2.05, 4.69) is 20.4 Å². The number of benzene rings is 1. The highest BCUT2D eigenvalue weighted by Gasteiger charge is 2.32. The molecule has 4 atom stereocenters. The van der Waals surface area contributed by atoms with Gasteiger partial charge in [0.1, 0.15) is 0 Å². The lowest BCUT2D eigenvalue weighted by Crippen LogP contribution is -2.38. The maximum absolute atomic E-state index is 6.04. The van der Waals surface area contributed by atoms with E-state index in [0.29, 0.717) is 11.8 Å². The summed E-state index contributed by atoms with van der Waals surface area (Å²) in [4.78, 5) is 0. The van der Waals surface area contributed by atoms with Gasteiger partial charge in [0.15, 0.2) is 6.29 Å². The van der Waals surface area contributed by atoms with Gasteiger partial charge in [-0.05, 0) is 0 Å². The molecule has 0 bridgehead atoms. The average Bonchev–Trinajstić information content (AvgIpc) is 2.39. The van der Waals surface area contributed by atoms with E-state index in [-0.39, 0.29) is 12.4 Å². The third-order valence-corrected chi connectivity index (χ3v) is 3.31. The summed E-state index contributed by atoms with van der Waals surface area (Å²) in [5, 5.41) is 0. The highest BCUT2D eigenvalue weighted by Crippen LogP contribution is 2.32. The SMILES string of the molecule is C=C[C@@H](C)[C@H]1O[C@@H](c2ccccc2)OC[C@H]1C. The van der Waals surface area contributed by atoms with Crippen LogP contribution < -0.4 is 0 Å². The molecule has 2 nitrogen and oxygen atoms in total. The molecule has 1 heterocycles. The minimum Gasteiger partial charge on any atom is -0.348 e. The maximum Gasteiger partial charge on any atom is 0.184 e. The Kier molecular flexibility index (Phi) is 3.97. The lowest BCUT2D eigenvalue weighted by molar-refractivity contribution is -0.245. The van der Waals surface area contributed by atoms with Gasteiger partial charge in [0.05, 0.1) is 12.7 Å². The van der Waals surface area contributed by atoms with Crippen LogP contribution >= 0.6 is 0 Å². The first-order valence-electron chi connectivity index (χ1n) is 6.17. The zero-order valence-corrected chi connectivity index (χ0v) is 10.5. The molecule has 0 aromatic heterocycles. The first-order valence-corrected chi connectivity index (χ1v) is 6.17. The van der Waals surface area contributed by atoms with E-state index in [0.717, 1.165) is 12.2 Å². The van der Waals surface area contributed by atoms with E-state index in [4.69, 9.17) is 9.47 Å². The van der Waals surface area contributed by atoms with Crippen molar-refractivity contribution in [1.29, 1.82) is 0 Å². The van der Waals surface area contributed by atoms with E-state index in [9.17, 15) is 0 Å². The fourth-order valence-electron chi connectivity index (χ4n) is 2.21. The Morgan fingerprint density at radius 2 is 2.06 bits per heavy atom. The molecule has 0 amide bonds. The molecule has 0 N–H and O–H groups in total. The Morgan fingerprint density at radius 3 is 2.71 bits per heavy atom. The van der Waals surface area contributed by atoms with E-state index in [1.807, 2.05) is 36.4 Å². The lowest BCUT2D eigenvalue weighted by atomic mass is 9.93. The van der Waals surface area contributed by atoms with Crippen LogP contribution in [0.4, 0.5) is 0 Å². The highest BCUT2D eigenvalue weighted by atomic mass is 16.7. The van der Waals surface area contributed by atoms with Crippen molar-refractivity contribution in [1.82, 2.24) is 0 Å². The Hall–Kier alpha value is -1.12. The van der Waals surface area contributed by atoms with Gasteiger partial charge in [0.25, 0.3) is 0 Å². The van der Waals surface area contributed by atoms with Gasteiger partial charge in [-0.1, -0.05) is 50.3 Å². The Balaban J connectivity index is 2.10. The molecule has 0 saturated carbocycles. The summed E-state index contributed by atoms with van der Waals surface area (Å²) in [6, 6.07) is 10.1. The van der Waals surface area contributed by atoms with Crippen LogP contribution in [0.25, 0.3) is 0 Å². The summed E-state index contributed by atoms with van der Waals surface area (Å²) in [6.07, 6.45) is 1.90. The van der Waals surface area contributed by atoms with E-state index in [1.54, 1.807) is 0 Å². The van der Waals surface area contributed by atoms with Crippen molar-refractivity contribution in [2.45, 2.75) is 26.2 Å². The second-order valence-corrected chi connectivity index (χ2v) is 4.75.